The zero-order valence-electron chi connectivity index (χ0n) is 21.5. The van der Waals surface area contributed by atoms with Gasteiger partial charge >= 0.3 is 0 Å². The van der Waals surface area contributed by atoms with Gasteiger partial charge in [0.2, 0.25) is 0 Å². The quantitative estimate of drug-likeness (QED) is 0.354. The topological polar surface area (TPSA) is 52.0 Å². The highest BCUT2D eigenvalue weighted by molar-refractivity contribution is 6.30. The second-order valence-electron chi connectivity index (χ2n) is 11.5. The Bertz CT molecular complexity index is 806. The lowest BCUT2D eigenvalue weighted by Gasteiger charge is -2.47. The number of halogens is 2. The summed E-state index contributed by atoms with van der Waals surface area (Å²) in [5, 5.41) is 1.61. The molecule has 0 saturated heterocycles. The second-order valence-corrected chi connectivity index (χ2v) is 12.4. The normalized spacial score (nSPS) is 18.9. The molecule has 2 aliphatic carbocycles. The van der Waals surface area contributed by atoms with E-state index in [1.165, 1.54) is 49.7 Å². The molecule has 4 heteroatoms. The van der Waals surface area contributed by atoms with Gasteiger partial charge in [0, 0.05) is 33.0 Å². The second kappa shape index (κ2) is 14.2. The van der Waals surface area contributed by atoms with E-state index < -0.39 is 0 Å². The summed E-state index contributed by atoms with van der Waals surface area (Å²) in [5.74, 6) is 1.32. The van der Waals surface area contributed by atoms with Crippen LogP contribution in [-0.4, -0.2) is 12.1 Å². The molecule has 0 aromatic heterocycles. The molecule has 0 spiro atoms. The Morgan fingerprint density at radius 2 is 0.889 bits per heavy atom. The summed E-state index contributed by atoms with van der Waals surface area (Å²) in [6, 6.07) is 17.1. The van der Waals surface area contributed by atoms with E-state index in [1.54, 1.807) is 0 Å². The lowest BCUT2D eigenvalue weighted by Crippen LogP contribution is -2.50. The molecule has 2 aliphatic rings. The number of rotatable bonds is 8. The van der Waals surface area contributed by atoms with Crippen molar-refractivity contribution in [3.05, 3.63) is 69.7 Å². The molecule has 204 valence electrons. The number of hydrogen-bond donors (Lipinski definition) is 2. The molecule has 0 heterocycles. The highest BCUT2D eigenvalue weighted by Crippen LogP contribution is 2.48. The van der Waals surface area contributed by atoms with Gasteiger partial charge in [-0.25, -0.2) is 0 Å². The molecule has 2 atom stereocenters. The first kappa shape index (κ1) is 33.0. The molecular weight excluding hydrogens is 483 g/mol. The molecular formula is C32H52Cl2N2. The maximum absolute atomic E-state index is 6.45. The summed E-state index contributed by atoms with van der Waals surface area (Å²) < 4.78 is 0. The molecule has 0 amide bonds. The van der Waals surface area contributed by atoms with E-state index in [9.17, 15) is 0 Å². The van der Waals surface area contributed by atoms with Crippen LogP contribution in [0.5, 0.6) is 0 Å². The molecule has 4 N–H and O–H groups in total. The SMILES string of the molecule is C.C.CC(C)CC(N)C1(c2ccc(Cl)cc2)CCC1.CC(C)C[C@@H](N)C1(c2ccc(Cl)cc2)CCC1. The highest BCUT2D eigenvalue weighted by Gasteiger charge is 2.44. The standard InChI is InChI=1S/2C15H22ClN.2CH4/c2*1-11(2)10-14(17)15(8-3-9-15)12-4-6-13(16)7-5-12;;/h2*4-7,11,14H,3,8-10,17H2,1-2H3;2*1H4/t14-;;;/m1.../s1. The number of hydrogen-bond acceptors (Lipinski definition) is 2. The van der Waals surface area contributed by atoms with E-state index in [1.807, 2.05) is 24.3 Å². The Balaban J connectivity index is 0.000000341. The predicted molar refractivity (Wildman–Crippen MR) is 162 cm³/mol. The van der Waals surface area contributed by atoms with E-state index in [0.717, 1.165) is 22.9 Å². The van der Waals surface area contributed by atoms with Crippen molar-refractivity contribution in [2.24, 2.45) is 23.3 Å². The van der Waals surface area contributed by atoms with Gasteiger partial charge in [-0.05, 0) is 85.8 Å². The van der Waals surface area contributed by atoms with Crippen molar-refractivity contribution >= 4 is 23.2 Å². The average Bonchev–Trinajstić information content (AvgIpc) is 2.68. The van der Waals surface area contributed by atoms with Crippen LogP contribution >= 0.6 is 23.2 Å². The Morgan fingerprint density at radius 1 is 0.611 bits per heavy atom. The lowest BCUT2D eigenvalue weighted by molar-refractivity contribution is 0.178. The van der Waals surface area contributed by atoms with Crippen LogP contribution in [0.15, 0.2) is 48.5 Å². The first-order valence-corrected chi connectivity index (χ1v) is 13.9. The Labute approximate surface area is 232 Å². The summed E-state index contributed by atoms with van der Waals surface area (Å²) in [4.78, 5) is 0. The van der Waals surface area contributed by atoms with Crippen molar-refractivity contribution in [2.45, 2.75) is 117 Å². The largest absolute Gasteiger partial charge is 0.327 e. The minimum absolute atomic E-state index is 0. The Morgan fingerprint density at radius 3 is 1.08 bits per heavy atom. The van der Waals surface area contributed by atoms with Gasteiger partial charge in [0.15, 0.2) is 0 Å². The van der Waals surface area contributed by atoms with Crippen molar-refractivity contribution in [3.8, 4) is 0 Å². The van der Waals surface area contributed by atoms with Crippen LogP contribution in [-0.2, 0) is 10.8 Å². The van der Waals surface area contributed by atoms with Gasteiger partial charge in [0.25, 0.3) is 0 Å². The lowest BCUT2D eigenvalue weighted by atomic mass is 9.59. The third-order valence-corrected chi connectivity index (χ3v) is 8.70. The first-order chi connectivity index (χ1) is 16.1. The predicted octanol–water partition coefficient (Wildman–Crippen LogP) is 9.54. The fraction of sp³-hybridized carbons (Fsp3) is 0.625. The van der Waals surface area contributed by atoms with Crippen molar-refractivity contribution in [2.75, 3.05) is 0 Å². The van der Waals surface area contributed by atoms with Gasteiger partial charge in [-0.1, -0.05) is 103 Å². The summed E-state index contributed by atoms with van der Waals surface area (Å²) in [5.41, 5.74) is 16.1. The van der Waals surface area contributed by atoms with Gasteiger partial charge < -0.3 is 11.5 Å². The molecule has 2 nitrogen and oxygen atoms in total. The number of benzene rings is 2. The van der Waals surface area contributed by atoms with E-state index in [-0.39, 0.29) is 37.8 Å². The summed E-state index contributed by atoms with van der Waals surface area (Å²) in [6.07, 6.45) is 9.70. The monoisotopic (exact) mass is 534 g/mol. The number of nitrogens with two attached hydrogens (primary N) is 2. The molecule has 2 aromatic rings. The van der Waals surface area contributed by atoms with Gasteiger partial charge in [0.1, 0.15) is 0 Å². The molecule has 2 saturated carbocycles. The van der Waals surface area contributed by atoms with E-state index in [0.29, 0.717) is 11.8 Å². The summed E-state index contributed by atoms with van der Waals surface area (Å²) in [7, 11) is 0. The summed E-state index contributed by atoms with van der Waals surface area (Å²) >= 11 is 11.9. The van der Waals surface area contributed by atoms with Crippen LogP contribution in [0.4, 0.5) is 0 Å². The minimum Gasteiger partial charge on any atom is -0.327 e. The maximum atomic E-state index is 6.45. The van der Waals surface area contributed by atoms with Gasteiger partial charge in [0.05, 0.1) is 0 Å². The molecule has 36 heavy (non-hydrogen) atoms. The van der Waals surface area contributed by atoms with Crippen molar-refractivity contribution < 1.29 is 0 Å². The van der Waals surface area contributed by atoms with Crippen molar-refractivity contribution in [3.63, 3.8) is 0 Å². The maximum Gasteiger partial charge on any atom is 0.0406 e. The molecule has 2 aromatic carbocycles. The first-order valence-electron chi connectivity index (χ1n) is 13.1. The minimum atomic E-state index is 0. The zero-order chi connectivity index (χ0) is 24.9. The Hall–Kier alpha value is -1.06. The van der Waals surface area contributed by atoms with Crippen LogP contribution in [0.3, 0.4) is 0 Å². The Kier molecular flexibility index (Phi) is 13.0. The van der Waals surface area contributed by atoms with Crippen LogP contribution < -0.4 is 11.5 Å². The molecule has 4 rings (SSSR count). The van der Waals surface area contributed by atoms with Crippen molar-refractivity contribution in [1.29, 1.82) is 0 Å². The molecule has 0 radical (unpaired) electrons. The van der Waals surface area contributed by atoms with E-state index in [4.69, 9.17) is 34.7 Å². The van der Waals surface area contributed by atoms with Crippen LogP contribution in [0.1, 0.15) is 105 Å². The third kappa shape index (κ3) is 7.50. The fourth-order valence-electron chi connectivity index (χ4n) is 5.89. The molecule has 0 aliphatic heterocycles. The third-order valence-electron chi connectivity index (χ3n) is 8.20. The summed E-state index contributed by atoms with van der Waals surface area (Å²) in [6.45, 7) is 8.98. The van der Waals surface area contributed by atoms with E-state index >= 15 is 0 Å². The van der Waals surface area contributed by atoms with Crippen LogP contribution in [0.25, 0.3) is 0 Å². The van der Waals surface area contributed by atoms with Gasteiger partial charge in [-0.15, -0.1) is 0 Å². The van der Waals surface area contributed by atoms with Crippen LogP contribution in [0.2, 0.25) is 10.0 Å². The van der Waals surface area contributed by atoms with Crippen LogP contribution in [0, 0.1) is 11.8 Å². The smallest absolute Gasteiger partial charge is 0.0406 e. The average molecular weight is 536 g/mol. The van der Waals surface area contributed by atoms with E-state index in [2.05, 4.69) is 52.0 Å². The zero-order valence-corrected chi connectivity index (χ0v) is 23.0. The van der Waals surface area contributed by atoms with Gasteiger partial charge in [-0.3, -0.25) is 0 Å². The highest BCUT2D eigenvalue weighted by atomic mass is 35.5. The van der Waals surface area contributed by atoms with Gasteiger partial charge in [-0.2, -0.15) is 0 Å². The fourth-order valence-corrected chi connectivity index (χ4v) is 6.14. The molecule has 1 unspecified atom stereocenters. The molecule has 2 fully saturated rings. The van der Waals surface area contributed by atoms with Crippen molar-refractivity contribution in [1.82, 2.24) is 0 Å². The molecule has 0 bridgehead atoms.